The lowest BCUT2D eigenvalue weighted by Crippen LogP contribution is -2.15. The lowest BCUT2D eigenvalue weighted by atomic mass is 10.1. The maximum atomic E-state index is 5.82. The largest absolute Gasteiger partial charge is 0.394 e. The summed E-state index contributed by atoms with van der Waals surface area (Å²) in [5.41, 5.74) is 8.14. The van der Waals surface area contributed by atoms with E-state index in [0.717, 1.165) is 18.4 Å². The zero-order valence-electron chi connectivity index (χ0n) is 11.7. The molecule has 5 heteroatoms. The summed E-state index contributed by atoms with van der Waals surface area (Å²) >= 11 is 0. The van der Waals surface area contributed by atoms with Crippen molar-refractivity contribution in [3.8, 4) is 0 Å². The monoisotopic (exact) mass is 272 g/mol. The summed E-state index contributed by atoms with van der Waals surface area (Å²) in [6, 6.07) is 9.98. The third kappa shape index (κ3) is 4.42. The fraction of sp³-hybridized carbons (Fsp3) is 0.333. The third-order valence-corrected chi connectivity index (χ3v) is 2.99. The minimum Gasteiger partial charge on any atom is -0.394 e. The van der Waals surface area contributed by atoms with E-state index in [2.05, 4.69) is 10.1 Å². The van der Waals surface area contributed by atoms with Gasteiger partial charge in [-0.15, -0.1) is 0 Å². The van der Waals surface area contributed by atoms with Crippen molar-refractivity contribution in [3.05, 3.63) is 54.1 Å². The van der Waals surface area contributed by atoms with E-state index in [4.69, 9.17) is 10.6 Å². The maximum Gasteiger partial charge on any atom is 0.143 e. The number of oxime groups is 1. The molecule has 0 radical (unpaired) electrons. The highest BCUT2D eigenvalue weighted by Crippen LogP contribution is 2.02. The Balaban J connectivity index is 1.67. The molecule has 0 fully saturated rings. The first kappa shape index (κ1) is 14.1. The summed E-state index contributed by atoms with van der Waals surface area (Å²) < 4.78 is 2.01. The van der Waals surface area contributed by atoms with E-state index in [1.165, 1.54) is 5.69 Å². The van der Waals surface area contributed by atoms with Crippen molar-refractivity contribution in [2.24, 2.45) is 17.9 Å². The van der Waals surface area contributed by atoms with Crippen LogP contribution in [0.4, 0.5) is 0 Å². The van der Waals surface area contributed by atoms with Crippen LogP contribution in [0.25, 0.3) is 0 Å². The van der Waals surface area contributed by atoms with Crippen LogP contribution in [-0.4, -0.2) is 22.0 Å². The van der Waals surface area contributed by atoms with E-state index >= 15 is 0 Å². The molecule has 0 unspecified atom stereocenters. The van der Waals surface area contributed by atoms with Gasteiger partial charge >= 0.3 is 0 Å². The topological polar surface area (TPSA) is 65.4 Å². The van der Waals surface area contributed by atoms with Gasteiger partial charge in [0, 0.05) is 25.4 Å². The molecule has 0 aliphatic rings. The van der Waals surface area contributed by atoms with Crippen LogP contribution in [0, 0.1) is 0 Å². The van der Waals surface area contributed by atoms with Crippen molar-refractivity contribution in [1.29, 1.82) is 0 Å². The van der Waals surface area contributed by atoms with E-state index in [-0.39, 0.29) is 0 Å². The molecule has 0 amide bonds. The second-order valence-electron chi connectivity index (χ2n) is 4.68. The standard InChI is InChI=1S/C15H20N4O/c1-19-12-17-11-14(19)8-5-9-20-18-15(16)10-13-6-3-2-4-7-13/h2-4,6-7,11-12H,5,8-10H2,1H3,(H2,16,18). The van der Waals surface area contributed by atoms with Gasteiger partial charge in [-0.05, 0) is 18.4 Å². The number of hydrogen-bond acceptors (Lipinski definition) is 3. The first-order valence-electron chi connectivity index (χ1n) is 6.69. The molecule has 0 bridgehead atoms. The molecular weight excluding hydrogens is 252 g/mol. The number of aryl methyl sites for hydroxylation is 2. The molecule has 0 aliphatic carbocycles. The van der Waals surface area contributed by atoms with Crippen LogP contribution in [0.5, 0.6) is 0 Å². The zero-order chi connectivity index (χ0) is 14.2. The molecule has 1 heterocycles. The zero-order valence-corrected chi connectivity index (χ0v) is 11.7. The predicted octanol–water partition coefficient (Wildman–Crippen LogP) is 1.88. The molecular formula is C15H20N4O. The Morgan fingerprint density at radius 3 is 2.85 bits per heavy atom. The number of nitrogens with two attached hydrogens (primary N) is 1. The van der Waals surface area contributed by atoms with Gasteiger partial charge in [-0.1, -0.05) is 35.5 Å². The number of aromatic nitrogens is 2. The first-order valence-corrected chi connectivity index (χ1v) is 6.69. The molecule has 0 saturated heterocycles. The molecule has 20 heavy (non-hydrogen) atoms. The molecule has 2 N–H and O–H groups in total. The van der Waals surface area contributed by atoms with Crippen LogP contribution in [-0.2, 0) is 24.7 Å². The first-order chi connectivity index (χ1) is 9.75. The van der Waals surface area contributed by atoms with Crippen molar-refractivity contribution in [2.75, 3.05) is 6.61 Å². The Morgan fingerprint density at radius 1 is 1.35 bits per heavy atom. The molecule has 2 aromatic rings. The van der Waals surface area contributed by atoms with Gasteiger partial charge in [0.05, 0.1) is 6.33 Å². The summed E-state index contributed by atoms with van der Waals surface area (Å²) in [4.78, 5) is 9.31. The van der Waals surface area contributed by atoms with Gasteiger partial charge in [-0.25, -0.2) is 4.98 Å². The Morgan fingerprint density at radius 2 is 2.15 bits per heavy atom. The Kier molecular flexibility index (Phi) is 5.17. The minimum absolute atomic E-state index is 0.497. The van der Waals surface area contributed by atoms with E-state index in [1.807, 2.05) is 48.1 Å². The van der Waals surface area contributed by atoms with Crippen molar-refractivity contribution in [1.82, 2.24) is 9.55 Å². The smallest absolute Gasteiger partial charge is 0.143 e. The molecule has 0 spiro atoms. The van der Waals surface area contributed by atoms with Gasteiger partial charge in [0.1, 0.15) is 12.4 Å². The highest BCUT2D eigenvalue weighted by molar-refractivity contribution is 5.82. The number of nitrogens with zero attached hydrogens (tertiary/aromatic N) is 3. The average molecular weight is 272 g/mol. The van der Waals surface area contributed by atoms with Crippen LogP contribution in [0.3, 0.4) is 0 Å². The lowest BCUT2D eigenvalue weighted by molar-refractivity contribution is 0.140. The number of rotatable bonds is 7. The minimum atomic E-state index is 0.497. The van der Waals surface area contributed by atoms with Gasteiger partial charge in [0.25, 0.3) is 0 Å². The van der Waals surface area contributed by atoms with Gasteiger partial charge in [0.2, 0.25) is 0 Å². The number of hydrogen-bond donors (Lipinski definition) is 1. The van der Waals surface area contributed by atoms with Crippen LogP contribution in [0.1, 0.15) is 17.7 Å². The van der Waals surface area contributed by atoms with Crippen LogP contribution < -0.4 is 5.73 Å². The Hall–Kier alpha value is -2.30. The van der Waals surface area contributed by atoms with Gasteiger partial charge in [-0.2, -0.15) is 0 Å². The number of amidine groups is 1. The van der Waals surface area contributed by atoms with Crippen LogP contribution in [0.2, 0.25) is 0 Å². The fourth-order valence-electron chi connectivity index (χ4n) is 1.91. The molecule has 106 valence electrons. The molecule has 5 nitrogen and oxygen atoms in total. The van der Waals surface area contributed by atoms with E-state index in [1.54, 1.807) is 6.33 Å². The summed E-state index contributed by atoms with van der Waals surface area (Å²) in [6.45, 7) is 0.556. The van der Waals surface area contributed by atoms with E-state index in [9.17, 15) is 0 Å². The summed E-state index contributed by atoms with van der Waals surface area (Å²) in [6.07, 6.45) is 6.09. The summed E-state index contributed by atoms with van der Waals surface area (Å²) in [7, 11) is 1.99. The highest BCUT2D eigenvalue weighted by atomic mass is 16.6. The van der Waals surface area contributed by atoms with Gasteiger partial charge < -0.3 is 15.1 Å². The molecule has 1 aromatic carbocycles. The summed E-state index contributed by atoms with van der Waals surface area (Å²) in [5.74, 6) is 0.497. The Bertz CT molecular complexity index is 548. The quantitative estimate of drug-likeness (QED) is 0.362. The van der Waals surface area contributed by atoms with Crippen molar-refractivity contribution in [3.63, 3.8) is 0 Å². The number of benzene rings is 1. The van der Waals surface area contributed by atoms with Crippen LogP contribution in [0.15, 0.2) is 48.0 Å². The molecule has 2 rings (SSSR count). The van der Waals surface area contributed by atoms with Crippen LogP contribution >= 0.6 is 0 Å². The van der Waals surface area contributed by atoms with E-state index < -0.39 is 0 Å². The number of imidazole rings is 1. The average Bonchev–Trinajstić information content (AvgIpc) is 2.85. The normalized spacial score (nSPS) is 11.6. The second kappa shape index (κ2) is 7.33. The molecule has 1 aromatic heterocycles. The van der Waals surface area contributed by atoms with Crippen molar-refractivity contribution in [2.45, 2.75) is 19.3 Å². The highest BCUT2D eigenvalue weighted by Gasteiger charge is 1.99. The molecule has 0 aliphatic heterocycles. The third-order valence-electron chi connectivity index (χ3n) is 2.99. The second-order valence-corrected chi connectivity index (χ2v) is 4.68. The SMILES string of the molecule is Cn1cncc1CCCO/N=C(\N)Cc1ccccc1. The van der Waals surface area contributed by atoms with Crippen molar-refractivity contribution < 1.29 is 4.84 Å². The molecule has 0 atom stereocenters. The Labute approximate surface area is 119 Å². The lowest BCUT2D eigenvalue weighted by Gasteiger charge is -2.03. The summed E-state index contributed by atoms with van der Waals surface area (Å²) in [5, 5.41) is 3.93. The fourth-order valence-corrected chi connectivity index (χ4v) is 1.91. The van der Waals surface area contributed by atoms with E-state index in [0.29, 0.717) is 18.9 Å². The maximum absolute atomic E-state index is 5.82. The van der Waals surface area contributed by atoms with Gasteiger partial charge in [0.15, 0.2) is 0 Å². The van der Waals surface area contributed by atoms with Gasteiger partial charge in [-0.3, -0.25) is 0 Å². The van der Waals surface area contributed by atoms with Crippen molar-refractivity contribution >= 4 is 5.84 Å². The molecule has 0 saturated carbocycles. The predicted molar refractivity (Wildman–Crippen MR) is 79.2 cm³/mol.